The summed E-state index contributed by atoms with van der Waals surface area (Å²) in [5.41, 5.74) is 1.19. The molecule has 0 amide bonds. The molecule has 0 fully saturated rings. The highest BCUT2D eigenvalue weighted by Gasteiger charge is 2.22. The molecule has 18 heavy (non-hydrogen) atoms. The molecule has 3 nitrogen and oxygen atoms in total. The number of Topliss-reactive ketones (excluding diaryl/α,β-unsaturated/α-hetero) is 1. The van der Waals surface area contributed by atoms with Crippen molar-refractivity contribution in [3.05, 3.63) is 29.8 Å². The molecule has 0 spiro atoms. The molecule has 0 radical (unpaired) electrons. The van der Waals surface area contributed by atoms with Crippen LogP contribution in [0.15, 0.2) is 24.3 Å². The van der Waals surface area contributed by atoms with Gasteiger partial charge < -0.3 is 4.74 Å². The lowest BCUT2D eigenvalue weighted by atomic mass is 10.0. The van der Waals surface area contributed by atoms with Gasteiger partial charge in [0.05, 0.1) is 0 Å². The summed E-state index contributed by atoms with van der Waals surface area (Å²) in [6.07, 6.45) is -0.450. The fourth-order valence-corrected chi connectivity index (χ4v) is 1.56. The van der Waals surface area contributed by atoms with E-state index in [1.807, 2.05) is 12.1 Å². The summed E-state index contributed by atoms with van der Waals surface area (Å²) in [5.74, 6) is 0.580. The zero-order chi connectivity index (χ0) is 13.7. The lowest BCUT2D eigenvalue weighted by Gasteiger charge is -2.15. The second-order valence-electron chi connectivity index (χ2n) is 4.96. The molecule has 1 atom stereocenters. The van der Waals surface area contributed by atoms with E-state index in [0.29, 0.717) is 18.0 Å². The molecular formula is C15H20O3. The van der Waals surface area contributed by atoms with Crippen molar-refractivity contribution in [1.82, 2.24) is 0 Å². The molecule has 0 aliphatic heterocycles. The summed E-state index contributed by atoms with van der Waals surface area (Å²) >= 11 is 0. The first-order chi connectivity index (χ1) is 8.45. The number of ketones is 1. The zero-order valence-electron chi connectivity index (χ0n) is 11.3. The van der Waals surface area contributed by atoms with Gasteiger partial charge in [0.2, 0.25) is 6.10 Å². The van der Waals surface area contributed by atoms with Crippen molar-refractivity contribution in [2.75, 3.05) is 0 Å². The minimum atomic E-state index is -1.00. The van der Waals surface area contributed by atoms with Crippen LogP contribution in [-0.2, 0) is 9.59 Å². The average Bonchev–Trinajstić information content (AvgIpc) is 2.35. The minimum absolute atomic E-state index is 0.196. The number of rotatable bonds is 6. The highest BCUT2D eigenvalue weighted by atomic mass is 16.5. The van der Waals surface area contributed by atoms with Gasteiger partial charge in [-0.05, 0) is 23.6 Å². The van der Waals surface area contributed by atoms with Crippen molar-refractivity contribution >= 4 is 12.1 Å². The average molecular weight is 248 g/mol. The molecule has 0 aliphatic rings. The first kappa shape index (κ1) is 14.4. The maximum Gasteiger partial charge on any atom is 0.211 e. The van der Waals surface area contributed by atoms with Crippen molar-refractivity contribution < 1.29 is 14.3 Å². The Morgan fingerprint density at radius 3 is 2.06 bits per heavy atom. The lowest BCUT2D eigenvalue weighted by Crippen LogP contribution is -2.32. The van der Waals surface area contributed by atoms with Gasteiger partial charge in [0.15, 0.2) is 12.1 Å². The van der Waals surface area contributed by atoms with E-state index in [0.717, 1.165) is 0 Å². The van der Waals surface area contributed by atoms with E-state index in [2.05, 4.69) is 13.8 Å². The van der Waals surface area contributed by atoms with Gasteiger partial charge >= 0.3 is 0 Å². The Morgan fingerprint density at radius 1 is 1.11 bits per heavy atom. The smallest absolute Gasteiger partial charge is 0.211 e. The van der Waals surface area contributed by atoms with E-state index in [1.165, 1.54) is 5.56 Å². The van der Waals surface area contributed by atoms with Crippen molar-refractivity contribution in [3.63, 3.8) is 0 Å². The predicted molar refractivity (Wildman–Crippen MR) is 70.9 cm³/mol. The molecule has 0 bridgehead atoms. The van der Waals surface area contributed by atoms with Crippen molar-refractivity contribution in [1.29, 1.82) is 0 Å². The highest BCUT2D eigenvalue weighted by Crippen LogP contribution is 2.19. The Labute approximate surface area is 108 Å². The molecule has 1 rings (SSSR count). The van der Waals surface area contributed by atoms with Gasteiger partial charge in [-0.15, -0.1) is 0 Å². The molecule has 0 saturated heterocycles. The van der Waals surface area contributed by atoms with Crippen LogP contribution in [0.1, 0.15) is 39.2 Å². The van der Waals surface area contributed by atoms with Gasteiger partial charge in [-0.3, -0.25) is 9.59 Å². The Hall–Kier alpha value is -1.64. The minimum Gasteiger partial charge on any atom is -0.475 e. The monoisotopic (exact) mass is 248 g/mol. The van der Waals surface area contributed by atoms with Crippen LogP contribution < -0.4 is 4.74 Å². The van der Waals surface area contributed by atoms with Gasteiger partial charge in [0.25, 0.3) is 0 Å². The van der Waals surface area contributed by atoms with Gasteiger partial charge in [-0.25, -0.2) is 0 Å². The number of ether oxygens (including phenoxy) is 1. The third kappa shape index (κ3) is 3.69. The zero-order valence-corrected chi connectivity index (χ0v) is 11.3. The molecule has 3 heteroatoms. The SMILES string of the molecule is CC(C)C(=O)C(C=O)Oc1ccc(C(C)C)cc1. The van der Waals surface area contributed by atoms with E-state index >= 15 is 0 Å². The van der Waals surface area contributed by atoms with Crippen LogP contribution in [-0.4, -0.2) is 18.2 Å². The van der Waals surface area contributed by atoms with Crippen molar-refractivity contribution in [2.45, 2.75) is 39.7 Å². The fraction of sp³-hybridized carbons (Fsp3) is 0.467. The fourth-order valence-electron chi connectivity index (χ4n) is 1.56. The van der Waals surface area contributed by atoms with Gasteiger partial charge in [-0.1, -0.05) is 39.8 Å². The van der Waals surface area contributed by atoms with Crippen LogP contribution >= 0.6 is 0 Å². The molecule has 0 N–H and O–H groups in total. The molecular weight excluding hydrogens is 228 g/mol. The van der Waals surface area contributed by atoms with E-state index < -0.39 is 6.10 Å². The van der Waals surface area contributed by atoms with Crippen LogP contribution in [0.3, 0.4) is 0 Å². The summed E-state index contributed by atoms with van der Waals surface area (Å²) in [6.45, 7) is 7.72. The van der Waals surface area contributed by atoms with Gasteiger partial charge in [0, 0.05) is 5.92 Å². The van der Waals surface area contributed by atoms with Crippen LogP contribution in [0.5, 0.6) is 5.75 Å². The van der Waals surface area contributed by atoms with E-state index in [9.17, 15) is 9.59 Å². The third-order valence-electron chi connectivity index (χ3n) is 2.78. The quantitative estimate of drug-likeness (QED) is 0.574. The van der Waals surface area contributed by atoms with Crippen LogP contribution in [0.2, 0.25) is 0 Å². The van der Waals surface area contributed by atoms with E-state index in [1.54, 1.807) is 26.0 Å². The topological polar surface area (TPSA) is 43.4 Å². The second-order valence-corrected chi connectivity index (χ2v) is 4.96. The highest BCUT2D eigenvalue weighted by molar-refractivity contribution is 5.97. The summed E-state index contributed by atoms with van der Waals surface area (Å²) in [5, 5.41) is 0. The largest absolute Gasteiger partial charge is 0.475 e. The number of aldehydes is 1. The number of hydrogen-bond acceptors (Lipinski definition) is 3. The molecule has 1 unspecified atom stereocenters. The first-order valence-corrected chi connectivity index (χ1v) is 6.21. The number of benzene rings is 1. The lowest BCUT2D eigenvalue weighted by molar-refractivity contribution is -0.133. The molecule has 0 saturated carbocycles. The Bertz CT molecular complexity index is 404. The number of carbonyl (C=O) groups is 2. The molecule has 0 aromatic heterocycles. The van der Waals surface area contributed by atoms with Crippen LogP contribution in [0.25, 0.3) is 0 Å². The summed E-state index contributed by atoms with van der Waals surface area (Å²) in [4.78, 5) is 22.6. The van der Waals surface area contributed by atoms with Crippen molar-refractivity contribution in [2.24, 2.45) is 5.92 Å². The van der Waals surface area contributed by atoms with Crippen molar-refractivity contribution in [3.8, 4) is 5.75 Å². The molecule has 1 aromatic carbocycles. The number of carbonyl (C=O) groups excluding carboxylic acids is 2. The second kappa shape index (κ2) is 6.34. The van der Waals surface area contributed by atoms with E-state index in [-0.39, 0.29) is 11.7 Å². The summed E-state index contributed by atoms with van der Waals surface area (Å²) in [6, 6.07) is 7.47. The molecule has 1 aromatic rings. The van der Waals surface area contributed by atoms with Gasteiger partial charge in [-0.2, -0.15) is 0 Å². The third-order valence-corrected chi connectivity index (χ3v) is 2.78. The normalized spacial score (nSPS) is 12.6. The maximum atomic E-state index is 11.7. The Balaban J connectivity index is 2.76. The standard InChI is InChI=1S/C15H20O3/c1-10(2)12-5-7-13(8-6-12)18-14(9-16)15(17)11(3)4/h5-11,14H,1-4H3. The predicted octanol–water partition coefficient (Wildman–Crippen LogP) is 2.98. The van der Waals surface area contributed by atoms with Crippen LogP contribution in [0.4, 0.5) is 0 Å². The molecule has 0 aliphatic carbocycles. The Morgan fingerprint density at radius 2 is 1.67 bits per heavy atom. The number of hydrogen-bond donors (Lipinski definition) is 0. The summed E-state index contributed by atoms with van der Waals surface area (Å²) < 4.78 is 5.40. The maximum absolute atomic E-state index is 11.7. The van der Waals surface area contributed by atoms with E-state index in [4.69, 9.17) is 4.74 Å². The summed E-state index contributed by atoms with van der Waals surface area (Å²) in [7, 11) is 0. The molecule has 0 heterocycles. The van der Waals surface area contributed by atoms with Gasteiger partial charge in [0.1, 0.15) is 5.75 Å². The van der Waals surface area contributed by atoms with Crippen LogP contribution in [0, 0.1) is 5.92 Å². The Kier molecular flexibility index (Phi) is 5.08. The molecule has 98 valence electrons. The first-order valence-electron chi connectivity index (χ1n) is 6.21.